The molecule has 0 bridgehead atoms. The van der Waals surface area contributed by atoms with Crippen LogP contribution in [0.1, 0.15) is 38.8 Å². The number of hydrogen-bond donors (Lipinski definition) is 2. The van der Waals surface area contributed by atoms with Crippen LogP contribution in [0.2, 0.25) is 0 Å². The lowest BCUT2D eigenvalue weighted by Gasteiger charge is -2.31. The molecule has 9 heteroatoms. The number of aryl methyl sites for hydroxylation is 1. The van der Waals surface area contributed by atoms with Crippen molar-refractivity contribution in [2.24, 2.45) is 17.3 Å². The molecular weight excluding hydrogens is 519 g/mol. The van der Waals surface area contributed by atoms with Gasteiger partial charge in [-0.25, -0.2) is 4.79 Å². The van der Waals surface area contributed by atoms with Gasteiger partial charge >= 0.3 is 11.9 Å². The lowest BCUT2D eigenvalue weighted by molar-refractivity contribution is -0.159. The molecular formula is C30H41O8P. The number of fused-ring (bicyclic) bond motifs is 1. The van der Waals surface area contributed by atoms with Crippen molar-refractivity contribution in [3.63, 3.8) is 0 Å². The van der Waals surface area contributed by atoms with E-state index in [0.717, 1.165) is 17.3 Å². The standard InChI is InChI=1S/C30H41O8P/c1-6-20-13-23(35-12-11-31)9-10-25(20)26-14-21-7-8-24(15-27(21)38-28(26)33)36-16-22(32)17-37-29(34)30(4,18-39-5)19(2)3/h7-10,13-15,19,21-22,27,31-32,39H,6,11-12,16-18H2,1-5H3. The minimum atomic E-state index is -0.987. The molecule has 1 aromatic rings. The largest absolute Gasteiger partial charge is 0.491 e. The lowest BCUT2D eigenvalue weighted by atomic mass is 9.81. The van der Waals surface area contributed by atoms with Crippen LogP contribution in [0, 0.1) is 17.3 Å². The predicted octanol–water partition coefficient (Wildman–Crippen LogP) is 3.89. The van der Waals surface area contributed by atoms with E-state index < -0.39 is 23.6 Å². The molecule has 0 aromatic heterocycles. The minimum Gasteiger partial charge on any atom is -0.491 e. The van der Waals surface area contributed by atoms with Gasteiger partial charge in [0.25, 0.3) is 0 Å². The Morgan fingerprint density at radius 2 is 1.97 bits per heavy atom. The summed E-state index contributed by atoms with van der Waals surface area (Å²) in [5.41, 5.74) is 1.66. The van der Waals surface area contributed by atoms with Crippen molar-refractivity contribution in [2.75, 3.05) is 39.3 Å². The summed E-state index contributed by atoms with van der Waals surface area (Å²) in [6.45, 7) is 9.89. The van der Waals surface area contributed by atoms with Gasteiger partial charge in [0, 0.05) is 5.92 Å². The zero-order valence-corrected chi connectivity index (χ0v) is 24.4. The van der Waals surface area contributed by atoms with Crippen LogP contribution >= 0.6 is 8.58 Å². The molecule has 214 valence electrons. The first-order valence-corrected chi connectivity index (χ1v) is 15.2. The van der Waals surface area contributed by atoms with E-state index in [9.17, 15) is 14.7 Å². The van der Waals surface area contributed by atoms with Crippen LogP contribution in [-0.2, 0) is 30.2 Å². The molecule has 5 unspecified atom stereocenters. The van der Waals surface area contributed by atoms with Gasteiger partial charge in [0.05, 0.1) is 17.6 Å². The van der Waals surface area contributed by atoms with E-state index in [0.29, 0.717) is 32.1 Å². The number of carbonyl (C=O) groups excluding carboxylic acids is 2. The molecule has 0 amide bonds. The van der Waals surface area contributed by atoms with Gasteiger partial charge in [-0.05, 0) is 67.5 Å². The van der Waals surface area contributed by atoms with E-state index >= 15 is 0 Å². The fourth-order valence-electron chi connectivity index (χ4n) is 4.49. The molecule has 39 heavy (non-hydrogen) atoms. The third-order valence-corrected chi connectivity index (χ3v) is 8.34. The molecule has 0 spiro atoms. The minimum absolute atomic E-state index is 0.0612. The second-order valence-electron chi connectivity index (χ2n) is 10.4. The van der Waals surface area contributed by atoms with Crippen molar-refractivity contribution in [1.29, 1.82) is 0 Å². The van der Waals surface area contributed by atoms with Gasteiger partial charge in [-0.1, -0.05) is 39.0 Å². The summed E-state index contributed by atoms with van der Waals surface area (Å²) in [6.07, 6.45) is 7.26. The predicted molar refractivity (Wildman–Crippen MR) is 152 cm³/mol. The summed E-state index contributed by atoms with van der Waals surface area (Å²) in [5, 5.41) is 19.3. The van der Waals surface area contributed by atoms with E-state index in [2.05, 4.69) is 6.66 Å². The Kier molecular flexibility index (Phi) is 11.2. The molecule has 3 rings (SSSR count). The fraction of sp³-hybridized carbons (Fsp3) is 0.533. The molecule has 0 fully saturated rings. The molecule has 1 aromatic carbocycles. The summed E-state index contributed by atoms with van der Waals surface area (Å²) < 4.78 is 22.4. The SMILES string of the molecule is CCc1cc(OCCO)ccc1C1=CC2C=CC(OCC(O)COC(=O)C(C)(CPC)C(C)C)=CC2OC1=O. The van der Waals surface area contributed by atoms with Gasteiger partial charge in [0.1, 0.15) is 43.5 Å². The quantitative estimate of drug-likeness (QED) is 0.261. The molecule has 8 nitrogen and oxygen atoms in total. The first kappa shape index (κ1) is 30.9. The number of aliphatic hydroxyl groups excluding tert-OH is 2. The third-order valence-electron chi connectivity index (χ3n) is 7.25. The van der Waals surface area contributed by atoms with E-state index in [1.165, 1.54) is 0 Å². The number of benzene rings is 1. The highest BCUT2D eigenvalue weighted by molar-refractivity contribution is 7.37. The van der Waals surface area contributed by atoms with Crippen LogP contribution in [0.15, 0.2) is 48.3 Å². The highest BCUT2D eigenvalue weighted by Crippen LogP contribution is 2.35. The van der Waals surface area contributed by atoms with Gasteiger partial charge in [-0.3, -0.25) is 4.79 Å². The Morgan fingerprint density at radius 1 is 1.21 bits per heavy atom. The second kappa shape index (κ2) is 14.1. The number of allylic oxidation sites excluding steroid dienone is 1. The summed E-state index contributed by atoms with van der Waals surface area (Å²) in [6, 6.07) is 5.50. The van der Waals surface area contributed by atoms with Crippen molar-refractivity contribution in [1.82, 2.24) is 0 Å². The Morgan fingerprint density at radius 3 is 2.64 bits per heavy atom. The number of rotatable bonds is 14. The first-order valence-electron chi connectivity index (χ1n) is 13.4. The van der Waals surface area contributed by atoms with E-state index in [1.54, 1.807) is 18.2 Å². The van der Waals surface area contributed by atoms with E-state index in [4.69, 9.17) is 24.1 Å². The van der Waals surface area contributed by atoms with Crippen LogP contribution in [0.4, 0.5) is 0 Å². The molecule has 0 saturated heterocycles. The number of aliphatic hydroxyl groups is 2. The molecule has 0 radical (unpaired) electrons. The molecule has 2 N–H and O–H groups in total. The lowest BCUT2D eigenvalue weighted by Crippen LogP contribution is -2.38. The van der Waals surface area contributed by atoms with Gasteiger partial charge in [0.2, 0.25) is 0 Å². The maximum absolute atomic E-state index is 12.9. The summed E-state index contributed by atoms with van der Waals surface area (Å²) in [5.74, 6) is 0.364. The maximum Gasteiger partial charge on any atom is 0.339 e. The number of esters is 2. The monoisotopic (exact) mass is 560 g/mol. The fourth-order valence-corrected chi connectivity index (χ4v) is 5.77. The molecule has 1 heterocycles. The van der Waals surface area contributed by atoms with Crippen LogP contribution in [0.3, 0.4) is 0 Å². The van der Waals surface area contributed by atoms with Crippen LogP contribution in [-0.4, -0.2) is 73.6 Å². The molecule has 1 aliphatic heterocycles. The van der Waals surface area contributed by atoms with Crippen molar-refractivity contribution in [3.8, 4) is 5.75 Å². The van der Waals surface area contributed by atoms with Gasteiger partial charge in [-0.2, -0.15) is 0 Å². The first-order chi connectivity index (χ1) is 18.6. The maximum atomic E-state index is 12.9. The summed E-state index contributed by atoms with van der Waals surface area (Å²) in [7, 11) is 0.627. The summed E-state index contributed by atoms with van der Waals surface area (Å²) >= 11 is 0. The number of carbonyl (C=O) groups is 2. The zero-order chi connectivity index (χ0) is 28.6. The van der Waals surface area contributed by atoms with E-state index in [-0.39, 0.29) is 44.2 Å². The third kappa shape index (κ3) is 7.71. The summed E-state index contributed by atoms with van der Waals surface area (Å²) in [4.78, 5) is 25.6. The Hall–Kier alpha value is -2.67. The Labute approximate surface area is 232 Å². The second-order valence-corrected chi connectivity index (χ2v) is 11.4. The van der Waals surface area contributed by atoms with Gasteiger partial charge in [0.15, 0.2) is 0 Å². The molecule has 5 atom stereocenters. The van der Waals surface area contributed by atoms with Crippen molar-refractivity contribution >= 4 is 26.1 Å². The van der Waals surface area contributed by atoms with Crippen molar-refractivity contribution in [2.45, 2.75) is 46.3 Å². The highest BCUT2D eigenvalue weighted by atomic mass is 31.1. The molecule has 2 aliphatic rings. The normalized spacial score (nSPS) is 21.1. The van der Waals surface area contributed by atoms with E-state index in [1.807, 2.05) is 52.0 Å². The van der Waals surface area contributed by atoms with Gasteiger partial charge in [-0.15, -0.1) is 8.58 Å². The molecule has 1 aliphatic carbocycles. The Bertz CT molecular complexity index is 1110. The highest BCUT2D eigenvalue weighted by Gasteiger charge is 2.38. The zero-order valence-electron chi connectivity index (χ0n) is 23.4. The van der Waals surface area contributed by atoms with Crippen molar-refractivity contribution < 1.29 is 38.7 Å². The molecule has 0 saturated carbocycles. The number of hydrogen-bond acceptors (Lipinski definition) is 8. The number of ether oxygens (including phenoxy) is 4. The Balaban J connectivity index is 1.59. The van der Waals surface area contributed by atoms with Gasteiger partial charge < -0.3 is 29.2 Å². The van der Waals surface area contributed by atoms with Crippen LogP contribution < -0.4 is 4.74 Å². The average molecular weight is 561 g/mol. The average Bonchev–Trinajstić information content (AvgIpc) is 2.92. The van der Waals surface area contributed by atoms with Crippen LogP contribution in [0.5, 0.6) is 5.75 Å². The van der Waals surface area contributed by atoms with Crippen LogP contribution in [0.25, 0.3) is 5.57 Å². The smallest absolute Gasteiger partial charge is 0.339 e. The topological polar surface area (TPSA) is 112 Å². The van der Waals surface area contributed by atoms with Crippen molar-refractivity contribution in [3.05, 3.63) is 59.4 Å².